The molecule has 1 saturated heterocycles. The molecule has 5 heteroatoms. The number of aliphatic hydroxyl groups excluding tert-OH is 1. The van der Waals surface area contributed by atoms with Gasteiger partial charge in [-0.05, 0) is 36.5 Å². The minimum atomic E-state index is -0.274. The summed E-state index contributed by atoms with van der Waals surface area (Å²) in [7, 11) is 0. The highest BCUT2D eigenvalue weighted by Crippen LogP contribution is 2.48. The zero-order chi connectivity index (χ0) is 16.4. The lowest BCUT2D eigenvalue weighted by Gasteiger charge is -2.35. The first kappa shape index (κ1) is 16.4. The Morgan fingerprint density at radius 3 is 2.52 bits per heavy atom. The van der Waals surface area contributed by atoms with Crippen molar-refractivity contribution in [1.82, 2.24) is 9.80 Å². The summed E-state index contributed by atoms with van der Waals surface area (Å²) >= 11 is 0. The van der Waals surface area contributed by atoms with Crippen LogP contribution < -0.4 is 0 Å². The van der Waals surface area contributed by atoms with Crippen molar-refractivity contribution in [2.75, 3.05) is 32.7 Å². The van der Waals surface area contributed by atoms with Crippen LogP contribution in [0, 0.1) is 11.7 Å². The number of β-amino-alcohol motifs (C(OH)–C–C–N with tert-alkyl or cyclic N) is 1. The molecule has 1 aliphatic heterocycles. The summed E-state index contributed by atoms with van der Waals surface area (Å²) in [6.07, 6.45) is 1.36. The minimum Gasteiger partial charge on any atom is -0.392 e. The second kappa shape index (κ2) is 6.97. The van der Waals surface area contributed by atoms with Crippen LogP contribution in [0.2, 0.25) is 0 Å². The third-order valence-electron chi connectivity index (χ3n) is 5.03. The van der Waals surface area contributed by atoms with E-state index in [0.717, 1.165) is 44.6 Å². The molecule has 0 spiro atoms. The number of rotatable bonds is 5. The molecule has 1 aromatic rings. The first-order valence-electron chi connectivity index (χ1n) is 8.53. The molecule has 126 valence electrons. The Balaban J connectivity index is 1.48. The Morgan fingerprint density at radius 1 is 1.26 bits per heavy atom. The SMILES string of the molecule is CC[C@H](O)CN1CCN(C(=O)[C@H]2C[C@@H]2c2ccc(F)cc2)CC1. The van der Waals surface area contributed by atoms with Crippen LogP contribution in [0.25, 0.3) is 0 Å². The Bertz CT molecular complexity index is 540. The third-order valence-corrected chi connectivity index (χ3v) is 5.03. The van der Waals surface area contributed by atoms with Gasteiger partial charge in [0.2, 0.25) is 5.91 Å². The van der Waals surface area contributed by atoms with Crippen LogP contribution in [0.4, 0.5) is 4.39 Å². The van der Waals surface area contributed by atoms with Crippen LogP contribution in [0.5, 0.6) is 0 Å². The van der Waals surface area contributed by atoms with E-state index >= 15 is 0 Å². The van der Waals surface area contributed by atoms with Crippen LogP contribution in [0.15, 0.2) is 24.3 Å². The Hall–Kier alpha value is -1.46. The van der Waals surface area contributed by atoms with Gasteiger partial charge in [-0.25, -0.2) is 4.39 Å². The van der Waals surface area contributed by atoms with E-state index in [1.807, 2.05) is 11.8 Å². The molecule has 1 aliphatic carbocycles. The second-order valence-electron chi connectivity index (χ2n) is 6.69. The van der Waals surface area contributed by atoms with E-state index < -0.39 is 0 Å². The van der Waals surface area contributed by atoms with Crippen molar-refractivity contribution >= 4 is 5.91 Å². The van der Waals surface area contributed by atoms with E-state index in [4.69, 9.17) is 0 Å². The van der Waals surface area contributed by atoms with Crippen molar-refractivity contribution in [3.8, 4) is 0 Å². The molecule has 1 saturated carbocycles. The lowest BCUT2D eigenvalue weighted by atomic mass is 10.1. The van der Waals surface area contributed by atoms with E-state index in [1.165, 1.54) is 12.1 Å². The molecule has 1 heterocycles. The highest BCUT2D eigenvalue weighted by molar-refractivity contribution is 5.83. The Kier molecular flexibility index (Phi) is 4.97. The normalized spacial score (nSPS) is 26.1. The number of carbonyl (C=O) groups excluding carboxylic acids is 1. The van der Waals surface area contributed by atoms with Gasteiger partial charge in [-0.1, -0.05) is 19.1 Å². The van der Waals surface area contributed by atoms with E-state index in [-0.39, 0.29) is 29.7 Å². The fraction of sp³-hybridized carbons (Fsp3) is 0.611. The van der Waals surface area contributed by atoms with Gasteiger partial charge in [0, 0.05) is 38.6 Å². The fourth-order valence-electron chi connectivity index (χ4n) is 3.36. The van der Waals surface area contributed by atoms with Crippen LogP contribution in [0.3, 0.4) is 0 Å². The third kappa shape index (κ3) is 3.90. The first-order chi connectivity index (χ1) is 11.1. The van der Waals surface area contributed by atoms with Crippen molar-refractivity contribution in [3.05, 3.63) is 35.6 Å². The molecule has 0 radical (unpaired) electrons. The molecule has 3 rings (SSSR count). The highest BCUT2D eigenvalue weighted by Gasteiger charge is 2.46. The highest BCUT2D eigenvalue weighted by atomic mass is 19.1. The smallest absolute Gasteiger partial charge is 0.226 e. The molecule has 0 aromatic heterocycles. The maximum Gasteiger partial charge on any atom is 0.226 e. The summed E-state index contributed by atoms with van der Waals surface area (Å²) in [4.78, 5) is 16.8. The number of piperazine rings is 1. The molecule has 23 heavy (non-hydrogen) atoms. The fourth-order valence-corrected chi connectivity index (χ4v) is 3.36. The predicted octanol–water partition coefficient (Wildman–Crippen LogP) is 1.84. The lowest BCUT2D eigenvalue weighted by molar-refractivity contribution is -0.134. The summed E-state index contributed by atoms with van der Waals surface area (Å²) in [6.45, 7) is 5.81. The Morgan fingerprint density at radius 2 is 1.91 bits per heavy atom. The van der Waals surface area contributed by atoms with Gasteiger partial charge < -0.3 is 10.0 Å². The molecule has 3 atom stereocenters. The van der Waals surface area contributed by atoms with Gasteiger partial charge in [0.05, 0.1) is 6.10 Å². The number of benzene rings is 1. The summed E-state index contributed by atoms with van der Waals surface area (Å²) in [5.74, 6) is 0.314. The maximum atomic E-state index is 13.0. The molecular weight excluding hydrogens is 295 g/mol. The molecule has 1 aromatic carbocycles. The molecule has 2 aliphatic rings. The van der Waals surface area contributed by atoms with E-state index in [0.29, 0.717) is 6.54 Å². The average molecular weight is 320 g/mol. The van der Waals surface area contributed by atoms with Gasteiger partial charge >= 0.3 is 0 Å². The van der Waals surface area contributed by atoms with E-state index in [9.17, 15) is 14.3 Å². The summed E-state index contributed by atoms with van der Waals surface area (Å²) in [6, 6.07) is 6.51. The number of carbonyl (C=O) groups is 1. The van der Waals surface area contributed by atoms with E-state index in [1.54, 1.807) is 12.1 Å². The molecule has 1 amide bonds. The van der Waals surface area contributed by atoms with E-state index in [2.05, 4.69) is 4.90 Å². The van der Waals surface area contributed by atoms with Gasteiger partial charge in [-0.15, -0.1) is 0 Å². The molecule has 2 fully saturated rings. The van der Waals surface area contributed by atoms with Gasteiger partial charge in [-0.3, -0.25) is 9.69 Å². The largest absolute Gasteiger partial charge is 0.392 e. The van der Waals surface area contributed by atoms with Crippen LogP contribution in [0.1, 0.15) is 31.2 Å². The molecule has 1 N–H and O–H groups in total. The second-order valence-corrected chi connectivity index (χ2v) is 6.69. The van der Waals surface area contributed by atoms with Gasteiger partial charge in [0.1, 0.15) is 5.82 Å². The van der Waals surface area contributed by atoms with Crippen LogP contribution in [-0.2, 0) is 4.79 Å². The standard InChI is InChI=1S/C18H25FN2O2/c1-2-15(22)12-20-7-9-21(10-8-20)18(23)17-11-16(17)13-3-5-14(19)6-4-13/h3-6,15-17,22H,2,7-12H2,1H3/t15-,16+,17-/m0/s1. The summed E-state index contributed by atoms with van der Waals surface area (Å²) in [5, 5.41) is 9.71. The van der Waals surface area contributed by atoms with Crippen molar-refractivity contribution in [2.24, 2.45) is 5.92 Å². The molecule has 0 unspecified atom stereocenters. The molecular formula is C18H25FN2O2. The quantitative estimate of drug-likeness (QED) is 0.900. The molecule has 4 nitrogen and oxygen atoms in total. The Labute approximate surface area is 136 Å². The zero-order valence-corrected chi connectivity index (χ0v) is 13.6. The van der Waals surface area contributed by atoms with Crippen LogP contribution >= 0.6 is 0 Å². The number of aliphatic hydroxyl groups is 1. The van der Waals surface area contributed by atoms with Crippen molar-refractivity contribution in [2.45, 2.75) is 31.8 Å². The number of amides is 1. The number of halogens is 1. The molecule has 0 bridgehead atoms. The van der Waals surface area contributed by atoms with Gasteiger partial charge in [-0.2, -0.15) is 0 Å². The predicted molar refractivity (Wildman–Crippen MR) is 86.6 cm³/mol. The number of hydrogen-bond donors (Lipinski definition) is 1. The first-order valence-corrected chi connectivity index (χ1v) is 8.53. The summed E-state index contributed by atoms with van der Waals surface area (Å²) in [5.41, 5.74) is 1.06. The minimum absolute atomic E-state index is 0.0632. The van der Waals surface area contributed by atoms with Gasteiger partial charge in [0.25, 0.3) is 0 Å². The van der Waals surface area contributed by atoms with Gasteiger partial charge in [0.15, 0.2) is 0 Å². The maximum absolute atomic E-state index is 13.0. The average Bonchev–Trinajstić information content (AvgIpc) is 3.36. The number of nitrogens with zero attached hydrogens (tertiary/aromatic N) is 2. The van der Waals surface area contributed by atoms with Crippen LogP contribution in [-0.4, -0.2) is 59.6 Å². The van der Waals surface area contributed by atoms with Crippen molar-refractivity contribution in [3.63, 3.8) is 0 Å². The van der Waals surface area contributed by atoms with Crippen molar-refractivity contribution < 1.29 is 14.3 Å². The van der Waals surface area contributed by atoms with Crippen molar-refractivity contribution in [1.29, 1.82) is 0 Å². The topological polar surface area (TPSA) is 43.8 Å². The monoisotopic (exact) mass is 320 g/mol. The lowest BCUT2D eigenvalue weighted by Crippen LogP contribution is -2.50. The summed E-state index contributed by atoms with van der Waals surface area (Å²) < 4.78 is 13.0. The number of hydrogen-bond acceptors (Lipinski definition) is 3. The zero-order valence-electron chi connectivity index (χ0n) is 13.6.